The highest BCUT2D eigenvalue weighted by atomic mass is 35.5. The molecule has 1 aromatic heterocycles. The first-order valence-electron chi connectivity index (χ1n) is 8.49. The van der Waals surface area contributed by atoms with Crippen LogP contribution in [-0.2, 0) is 11.3 Å². The van der Waals surface area contributed by atoms with E-state index < -0.39 is 18.0 Å². The molecule has 0 bridgehead atoms. The molecule has 0 fully saturated rings. The van der Waals surface area contributed by atoms with E-state index in [1.54, 1.807) is 23.1 Å². The van der Waals surface area contributed by atoms with E-state index >= 15 is 0 Å². The van der Waals surface area contributed by atoms with E-state index in [4.69, 9.17) is 17.3 Å². The maximum Gasteiger partial charge on any atom is 0.315 e. The molecule has 0 unspecified atom stereocenters. The van der Waals surface area contributed by atoms with Gasteiger partial charge < -0.3 is 21.3 Å². The summed E-state index contributed by atoms with van der Waals surface area (Å²) in [6.07, 6.45) is 0. The lowest BCUT2D eigenvalue weighted by atomic mass is 10.1. The van der Waals surface area contributed by atoms with Crippen LogP contribution in [0.25, 0.3) is 0 Å². The summed E-state index contributed by atoms with van der Waals surface area (Å²) in [6.45, 7) is 0.641. The minimum Gasteiger partial charge on any atom is -0.366 e. The maximum absolute atomic E-state index is 13.3. The molecule has 148 valence electrons. The number of nitrogens with two attached hydrogens (primary N) is 1. The molecule has 0 spiro atoms. The molecule has 0 aliphatic carbocycles. The smallest absolute Gasteiger partial charge is 0.315 e. The quantitative estimate of drug-likeness (QED) is 0.602. The van der Waals surface area contributed by atoms with Gasteiger partial charge in [-0.2, -0.15) is 11.3 Å². The maximum atomic E-state index is 13.3. The van der Waals surface area contributed by atoms with E-state index in [0.29, 0.717) is 30.1 Å². The molecule has 28 heavy (non-hydrogen) atoms. The van der Waals surface area contributed by atoms with Gasteiger partial charge in [-0.3, -0.25) is 9.59 Å². The molecule has 1 atom stereocenters. The van der Waals surface area contributed by atoms with E-state index in [9.17, 15) is 14.4 Å². The number of primary amides is 1. The van der Waals surface area contributed by atoms with Gasteiger partial charge in [-0.05, 0) is 40.6 Å². The summed E-state index contributed by atoms with van der Waals surface area (Å²) in [6, 6.07) is 5.82. The number of nitrogens with zero attached hydrogens (tertiary/aromatic N) is 1. The highest BCUT2D eigenvalue weighted by Gasteiger charge is 2.32. The van der Waals surface area contributed by atoms with Gasteiger partial charge in [-0.1, -0.05) is 0 Å². The van der Waals surface area contributed by atoms with Crippen molar-refractivity contribution < 1.29 is 14.4 Å². The molecule has 2 heterocycles. The van der Waals surface area contributed by atoms with E-state index in [2.05, 4.69) is 10.6 Å². The van der Waals surface area contributed by atoms with Gasteiger partial charge in [0.15, 0.2) is 0 Å². The summed E-state index contributed by atoms with van der Waals surface area (Å²) in [4.78, 5) is 39.4. The molecule has 4 N–H and O–H groups in total. The van der Waals surface area contributed by atoms with Crippen molar-refractivity contribution in [3.63, 3.8) is 0 Å². The number of urea groups is 1. The predicted octanol–water partition coefficient (Wildman–Crippen LogP) is 2.39. The Kier molecular flexibility index (Phi) is 6.82. The molecule has 10 heteroatoms. The number of hydrogen-bond acceptors (Lipinski definition) is 5. The van der Waals surface area contributed by atoms with Gasteiger partial charge in [0.1, 0.15) is 6.04 Å². The van der Waals surface area contributed by atoms with E-state index in [1.165, 1.54) is 23.1 Å². The van der Waals surface area contributed by atoms with Crippen LogP contribution in [0.5, 0.6) is 0 Å². The fourth-order valence-corrected chi connectivity index (χ4v) is 4.56. The van der Waals surface area contributed by atoms with Gasteiger partial charge in [0.25, 0.3) is 5.91 Å². The summed E-state index contributed by atoms with van der Waals surface area (Å²) in [5.74, 6) is -0.155. The molecular weight excluding hydrogens is 420 g/mol. The average molecular weight is 439 g/mol. The number of nitrogens with one attached hydrogen (secondary N) is 2. The number of halogens is 1. The zero-order valence-corrected chi connectivity index (χ0v) is 17.2. The van der Waals surface area contributed by atoms with E-state index in [1.807, 2.05) is 16.8 Å². The first-order valence-corrected chi connectivity index (χ1v) is 11.0. The summed E-state index contributed by atoms with van der Waals surface area (Å²) < 4.78 is 0. The minimum absolute atomic E-state index is 0.250. The van der Waals surface area contributed by atoms with Crippen molar-refractivity contribution in [3.05, 3.63) is 46.2 Å². The van der Waals surface area contributed by atoms with Crippen LogP contribution in [0.2, 0.25) is 0 Å². The normalized spacial score (nSPS) is 16.2. The van der Waals surface area contributed by atoms with Crippen molar-refractivity contribution in [2.24, 2.45) is 5.73 Å². The number of carbonyl (C=O) groups is 3. The monoisotopic (exact) mass is 438 g/mol. The number of carbonyl (C=O) groups excluding carboxylic acids is 3. The Hall–Kier alpha value is -2.23. The van der Waals surface area contributed by atoms with Crippen LogP contribution >= 0.6 is 34.7 Å². The third-order valence-electron chi connectivity index (χ3n) is 4.11. The molecule has 4 amide bonds. The predicted molar refractivity (Wildman–Crippen MR) is 112 cm³/mol. The number of fused-ring (bicyclic) bond motifs is 1. The summed E-state index contributed by atoms with van der Waals surface area (Å²) in [7, 11) is 0. The van der Waals surface area contributed by atoms with Crippen LogP contribution in [0.4, 0.5) is 10.5 Å². The van der Waals surface area contributed by atoms with Crippen molar-refractivity contribution >= 4 is 58.2 Å². The minimum atomic E-state index is -0.719. The van der Waals surface area contributed by atoms with Crippen LogP contribution in [0.1, 0.15) is 15.9 Å². The second-order valence-electron chi connectivity index (χ2n) is 6.06. The number of hydrogen-bond donors (Lipinski definition) is 3. The Balaban J connectivity index is 1.92. The second-order valence-corrected chi connectivity index (χ2v) is 8.28. The second kappa shape index (κ2) is 9.31. The Morgan fingerprint density at radius 1 is 1.32 bits per heavy atom. The van der Waals surface area contributed by atoms with Crippen LogP contribution in [0.15, 0.2) is 39.9 Å². The number of thiophene rings is 1. The molecule has 7 nitrogen and oxygen atoms in total. The zero-order valence-electron chi connectivity index (χ0n) is 14.8. The Labute approximate surface area is 175 Å². The van der Waals surface area contributed by atoms with Crippen LogP contribution in [0, 0.1) is 0 Å². The Morgan fingerprint density at radius 3 is 2.82 bits per heavy atom. The van der Waals surface area contributed by atoms with Gasteiger partial charge in [0, 0.05) is 28.6 Å². The summed E-state index contributed by atoms with van der Waals surface area (Å²) in [5.41, 5.74) is 7.32. The van der Waals surface area contributed by atoms with Crippen LogP contribution in [-0.4, -0.2) is 42.1 Å². The zero-order chi connectivity index (χ0) is 20.1. The highest BCUT2D eigenvalue weighted by Crippen LogP contribution is 2.36. The van der Waals surface area contributed by atoms with Gasteiger partial charge in [0.05, 0.1) is 12.2 Å². The van der Waals surface area contributed by atoms with Gasteiger partial charge in [0.2, 0.25) is 5.91 Å². The molecular formula is C18H19ClN4O3S2. The first kappa shape index (κ1) is 20.5. The number of alkyl halides is 1. The topological polar surface area (TPSA) is 105 Å². The number of rotatable bonds is 6. The number of thioether (sulfide) groups is 1. The standard InChI is InChI=1S/C18H19ClN4O3S2/c19-4-5-21-18(26)22-13-10-28-15-2-1-12(16(20)24)7-14(15)23(17(13)25)8-11-3-6-27-9-11/h1-3,6-7,9,13H,4-5,8,10H2,(H2,20,24)(H2,21,22,26)/t13-/m0/s1. The van der Waals surface area contributed by atoms with Gasteiger partial charge >= 0.3 is 6.03 Å². The van der Waals surface area contributed by atoms with E-state index in [0.717, 1.165) is 10.5 Å². The molecule has 1 aliphatic rings. The molecule has 2 aromatic rings. The molecule has 0 saturated carbocycles. The average Bonchev–Trinajstić information content (AvgIpc) is 3.16. The molecule has 1 aliphatic heterocycles. The molecule has 0 saturated heterocycles. The SMILES string of the molecule is NC(=O)c1ccc2c(c1)N(Cc1ccsc1)C(=O)[C@@H](NC(=O)NCCCl)CS2. The van der Waals surface area contributed by atoms with Crippen molar-refractivity contribution in [1.29, 1.82) is 0 Å². The number of anilines is 1. The van der Waals surface area contributed by atoms with E-state index in [-0.39, 0.29) is 11.8 Å². The van der Waals surface area contributed by atoms with Gasteiger partial charge in [-0.15, -0.1) is 23.4 Å². The van der Waals surface area contributed by atoms with Crippen molar-refractivity contribution in [3.8, 4) is 0 Å². The number of benzene rings is 1. The summed E-state index contributed by atoms with van der Waals surface area (Å²) in [5, 5.41) is 9.21. The number of amides is 4. The van der Waals surface area contributed by atoms with Crippen molar-refractivity contribution in [2.45, 2.75) is 17.5 Å². The van der Waals surface area contributed by atoms with Crippen LogP contribution < -0.4 is 21.3 Å². The largest absolute Gasteiger partial charge is 0.366 e. The lowest BCUT2D eigenvalue weighted by molar-refractivity contribution is -0.120. The fraction of sp³-hybridized carbons (Fsp3) is 0.278. The highest BCUT2D eigenvalue weighted by molar-refractivity contribution is 7.99. The third kappa shape index (κ3) is 4.78. The van der Waals surface area contributed by atoms with Crippen molar-refractivity contribution in [2.75, 3.05) is 23.1 Å². The Bertz CT molecular complexity index is 876. The van der Waals surface area contributed by atoms with Crippen molar-refractivity contribution in [1.82, 2.24) is 10.6 Å². The molecule has 1 aromatic carbocycles. The lowest BCUT2D eigenvalue weighted by Crippen LogP contribution is -2.52. The first-order chi connectivity index (χ1) is 13.5. The lowest BCUT2D eigenvalue weighted by Gasteiger charge is -2.26. The van der Waals surface area contributed by atoms with Gasteiger partial charge in [-0.25, -0.2) is 4.79 Å². The molecule has 0 radical (unpaired) electrons. The summed E-state index contributed by atoms with van der Waals surface area (Å²) >= 11 is 8.57. The third-order valence-corrected chi connectivity index (χ3v) is 6.19. The molecule has 3 rings (SSSR count). The van der Waals surface area contributed by atoms with Crippen LogP contribution in [0.3, 0.4) is 0 Å². The Morgan fingerprint density at radius 2 is 2.14 bits per heavy atom. The fourth-order valence-electron chi connectivity index (χ4n) is 2.76.